The number of aliphatic carboxylic acids is 1. The molecule has 0 saturated carbocycles. The van der Waals surface area contributed by atoms with E-state index in [1.807, 2.05) is 21.1 Å². The van der Waals surface area contributed by atoms with Crippen LogP contribution in [0, 0.1) is 0 Å². The van der Waals surface area contributed by atoms with Crippen LogP contribution in [-0.2, 0) is 33.3 Å². The molecule has 0 bridgehead atoms. The molecular weight excluding hydrogens is 887 g/mol. The number of ether oxygens (including phenoxy) is 4. The van der Waals surface area contributed by atoms with Gasteiger partial charge in [-0.1, -0.05) is 234 Å². The Balaban J connectivity index is 3.84. The van der Waals surface area contributed by atoms with E-state index in [2.05, 4.69) is 98.9 Å². The highest BCUT2D eigenvalue weighted by Gasteiger charge is 2.22. The van der Waals surface area contributed by atoms with Crippen LogP contribution in [0.15, 0.2) is 85.1 Å². The third kappa shape index (κ3) is 54.1. The Morgan fingerprint density at radius 1 is 0.437 bits per heavy atom. The molecule has 2 atom stereocenters. The van der Waals surface area contributed by atoms with Gasteiger partial charge in [0, 0.05) is 12.8 Å². The molecular formula is C62H107NO8. The molecule has 0 amide bonds. The maximum Gasteiger partial charge on any atom is 0.306 e. The molecule has 0 saturated heterocycles. The molecule has 2 unspecified atom stereocenters. The summed E-state index contributed by atoms with van der Waals surface area (Å²) in [5.74, 6) is -2.30. The van der Waals surface area contributed by atoms with Gasteiger partial charge < -0.3 is 33.3 Å². The number of hydrogen-bond acceptors (Lipinski definition) is 8. The van der Waals surface area contributed by atoms with E-state index < -0.39 is 24.3 Å². The van der Waals surface area contributed by atoms with Crippen LogP contribution >= 0.6 is 0 Å². The van der Waals surface area contributed by atoms with Crippen molar-refractivity contribution in [3.63, 3.8) is 0 Å². The predicted octanol–water partition coefficient (Wildman–Crippen LogP) is 15.5. The largest absolute Gasteiger partial charge is 0.545 e. The maximum absolute atomic E-state index is 12.7. The van der Waals surface area contributed by atoms with E-state index in [-0.39, 0.29) is 38.6 Å². The Morgan fingerprint density at radius 3 is 1.20 bits per heavy atom. The number of rotatable bonds is 52. The molecule has 408 valence electrons. The van der Waals surface area contributed by atoms with Crippen LogP contribution in [0.25, 0.3) is 0 Å². The molecule has 0 heterocycles. The van der Waals surface area contributed by atoms with E-state index in [1.54, 1.807) is 0 Å². The van der Waals surface area contributed by atoms with Gasteiger partial charge in [0.15, 0.2) is 12.4 Å². The van der Waals surface area contributed by atoms with Gasteiger partial charge in [-0.25, -0.2) is 0 Å². The fourth-order valence-corrected chi connectivity index (χ4v) is 7.75. The number of unbranched alkanes of at least 4 members (excludes halogenated alkanes) is 23. The number of esters is 2. The molecule has 0 aliphatic carbocycles. The van der Waals surface area contributed by atoms with E-state index in [1.165, 1.54) is 109 Å². The van der Waals surface area contributed by atoms with Gasteiger partial charge in [0.2, 0.25) is 0 Å². The number of allylic oxidation sites excluding steroid dienone is 14. The molecule has 0 aromatic heterocycles. The summed E-state index contributed by atoms with van der Waals surface area (Å²) in [4.78, 5) is 36.8. The summed E-state index contributed by atoms with van der Waals surface area (Å²) in [6, 6.07) is 0. The SMILES string of the molecule is CC/C=C\C/C=C\C/C=C\C/C=C\C/C=C\C/C=C\C/C=C\CCCCCCCCCCCCCCCCCCCCCC(=O)OC(COC(=O)CCCCCCC)COC(OCC[N+](C)(C)C)C(=O)[O-]. The number of carboxylic acids is 1. The molecule has 71 heavy (non-hydrogen) atoms. The van der Waals surface area contributed by atoms with Crippen molar-refractivity contribution in [3.8, 4) is 0 Å². The number of carbonyl (C=O) groups excluding carboxylic acids is 3. The first-order valence-electron chi connectivity index (χ1n) is 28.7. The molecule has 0 aliphatic rings. The van der Waals surface area contributed by atoms with Crippen molar-refractivity contribution in [2.24, 2.45) is 0 Å². The lowest BCUT2D eigenvalue weighted by atomic mass is 10.0. The molecule has 0 fully saturated rings. The van der Waals surface area contributed by atoms with Gasteiger partial charge in [0.1, 0.15) is 13.2 Å². The standard InChI is InChI=1S/C62H107NO8/c1-6-8-10-12-13-14-15-16-17-18-19-20-21-22-23-24-25-26-27-28-29-30-31-32-33-34-35-36-37-38-39-40-41-42-43-44-45-46-47-49-51-53-60(65)71-58(56-69-59(64)52-50-48-11-9-7-2)57-70-62(61(66)67)68-55-54-63(3,4)5/h8,10,13-14,16-17,19-20,22-23,25-26,28-29,58,62H,6-7,9,11-12,15,18,21,24,27,30-57H2,1-5H3/b10-8-,14-13-,17-16-,20-19-,23-22-,26-25-,29-28-. The summed E-state index contributed by atoms with van der Waals surface area (Å²) in [5.41, 5.74) is 0. The number of carboxylic acid groups (broad SMARTS) is 1. The lowest BCUT2D eigenvalue weighted by molar-refractivity contribution is -0.870. The van der Waals surface area contributed by atoms with Crippen molar-refractivity contribution in [2.45, 2.75) is 245 Å². The Labute approximate surface area is 436 Å². The normalized spacial score (nSPS) is 13.4. The quantitative estimate of drug-likeness (QED) is 0.0195. The zero-order chi connectivity index (χ0) is 52.0. The van der Waals surface area contributed by atoms with Crippen LogP contribution in [0.3, 0.4) is 0 Å². The Hall–Kier alpha value is -3.53. The van der Waals surface area contributed by atoms with Gasteiger partial charge in [-0.2, -0.15) is 0 Å². The third-order valence-corrected chi connectivity index (χ3v) is 12.2. The van der Waals surface area contributed by atoms with Crippen molar-refractivity contribution >= 4 is 17.9 Å². The van der Waals surface area contributed by atoms with Crippen molar-refractivity contribution in [2.75, 3.05) is 47.5 Å². The number of likely N-dealkylation sites (N-methyl/N-ethyl adjacent to an activating group) is 1. The average molecular weight is 995 g/mol. The first-order chi connectivity index (χ1) is 34.6. The fourth-order valence-electron chi connectivity index (χ4n) is 7.75. The summed E-state index contributed by atoms with van der Waals surface area (Å²) in [5, 5.41) is 11.7. The Bertz CT molecular complexity index is 1440. The molecule has 0 aromatic rings. The van der Waals surface area contributed by atoms with Gasteiger partial charge in [-0.15, -0.1) is 0 Å². The van der Waals surface area contributed by atoms with Gasteiger partial charge in [-0.3, -0.25) is 9.59 Å². The highest BCUT2D eigenvalue weighted by Crippen LogP contribution is 2.16. The smallest absolute Gasteiger partial charge is 0.306 e. The summed E-state index contributed by atoms with van der Waals surface area (Å²) >= 11 is 0. The van der Waals surface area contributed by atoms with E-state index in [0.29, 0.717) is 17.4 Å². The van der Waals surface area contributed by atoms with Crippen LogP contribution in [0.2, 0.25) is 0 Å². The summed E-state index contributed by atoms with van der Waals surface area (Å²) < 4.78 is 22.4. The highest BCUT2D eigenvalue weighted by atomic mass is 16.7. The molecule has 0 rings (SSSR count). The number of nitrogens with zero attached hydrogens (tertiary/aromatic N) is 1. The monoisotopic (exact) mass is 994 g/mol. The van der Waals surface area contributed by atoms with Crippen molar-refractivity contribution in [1.29, 1.82) is 0 Å². The van der Waals surface area contributed by atoms with E-state index >= 15 is 0 Å². The van der Waals surface area contributed by atoms with E-state index in [4.69, 9.17) is 18.9 Å². The van der Waals surface area contributed by atoms with Gasteiger partial charge in [0.25, 0.3) is 0 Å². The highest BCUT2D eigenvalue weighted by molar-refractivity contribution is 5.70. The molecule has 0 radical (unpaired) electrons. The van der Waals surface area contributed by atoms with E-state index in [9.17, 15) is 19.5 Å². The van der Waals surface area contributed by atoms with Crippen LogP contribution in [0.1, 0.15) is 232 Å². The van der Waals surface area contributed by atoms with Crippen LogP contribution < -0.4 is 5.11 Å². The third-order valence-electron chi connectivity index (χ3n) is 12.2. The van der Waals surface area contributed by atoms with Crippen LogP contribution in [0.5, 0.6) is 0 Å². The molecule has 0 aromatic carbocycles. The van der Waals surface area contributed by atoms with Crippen LogP contribution in [-0.4, -0.2) is 82.3 Å². The molecule has 9 nitrogen and oxygen atoms in total. The summed E-state index contributed by atoms with van der Waals surface area (Å²) in [6.45, 7) is 4.53. The predicted molar refractivity (Wildman–Crippen MR) is 297 cm³/mol. The zero-order valence-electron chi connectivity index (χ0n) is 46.3. The van der Waals surface area contributed by atoms with Gasteiger partial charge >= 0.3 is 11.9 Å². The Kier molecular flexibility index (Phi) is 50.2. The number of carbonyl (C=O) groups is 3. The van der Waals surface area contributed by atoms with Crippen molar-refractivity contribution < 1.29 is 42.9 Å². The van der Waals surface area contributed by atoms with E-state index in [0.717, 1.165) is 89.9 Å². The van der Waals surface area contributed by atoms with Crippen molar-refractivity contribution in [1.82, 2.24) is 0 Å². The fraction of sp³-hybridized carbons (Fsp3) is 0.726. The number of hydrogen-bond donors (Lipinski definition) is 0. The second kappa shape index (κ2) is 52.8. The first-order valence-corrected chi connectivity index (χ1v) is 28.7. The molecule has 0 aliphatic heterocycles. The number of quaternary nitrogens is 1. The second-order valence-electron chi connectivity index (χ2n) is 20.2. The second-order valence-corrected chi connectivity index (χ2v) is 20.2. The van der Waals surface area contributed by atoms with Crippen molar-refractivity contribution in [3.05, 3.63) is 85.1 Å². The molecule has 0 spiro atoms. The molecule has 0 N–H and O–H groups in total. The van der Waals surface area contributed by atoms with Gasteiger partial charge in [0.05, 0.1) is 40.3 Å². The lowest BCUT2D eigenvalue weighted by Gasteiger charge is -2.26. The Morgan fingerprint density at radius 2 is 0.803 bits per heavy atom. The minimum absolute atomic E-state index is 0.147. The zero-order valence-corrected chi connectivity index (χ0v) is 46.3. The average Bonchev–Trinajstić information content (AvgIpc) is 3.34. The van der Waals surface area contributed by atoms with Gasteiger partial charge in [-0.05, 0) is 70.6 Å². The summed E-state index contributed by atoms with van der Waals surface area (Å²) in [6.07, 6.45) is 67.2. The minimum Gasteiger partial charge on any atom is -0.545 e. The first kappa shape index (κ1) is 67.5. The summed E-state index contributed by atoms with van der Waals surface area (Å²) in [7, 11) is 5.90. The minimum atomic E-state index is -1.62. The lowest BCUT2D eigenvalue weighted by Crippen LogP contribution is -2.44. The topological polar surface area (TPSA) is 111 Å². The maximum atomic E-state index is 12.7. The molecule has 9 heteroatoms. The van der Waals surface area contributed by atoms with Crippen LogP contribution in [0.4, 0.5) is 0 Å².